The first kappa shape index (κ1) is 19.3. The summed E-state index contributed by atoms with van der Waals surface area (Å²) >= 11 is 0. The predicted molar refractivity (Wildman–Crippen MR) is 96.3 cm³/mol. The number of likely N-dealkylation sites (tertiary alicyclic amines) is 1. The third-order valence-electron chi connectivity index (χ3n) is 7.16. The van der Waals surface area contributed by atoms with Crippen molar-refractivity contribution in [3.05, 3.63) is 5.21 Å². The highest BCUT2D eigenvalue weighted by molar-refractivity contribution is 5.81. The van der Waals surface area contributed by atoms with E-state index in [0.29, 0.717) is 11.7 Å². The predicted octanol–water partition coefficient (Wildman–Crippen LogP) is 1.15. The molecule has 25 heavy (non-hydrogen) atoms. The highest BCUT2D eigenvalue weighted by Gasteiger charge is 2.31. The number of carbonyl (C=O) groups excluding carboxylic acids is 1. The second-order valence-electron chi connectivity index (χ2n) is 8.96. The van der Waals surface area contributed by atoms with E-state index < -0.39 is 5.23 Å². The van der Waals surface area contributed by atoms with Crippen LogP contribution in [-0.2, 0) is 4.79 Å². The fraction of sp³-hybridized carbons (Fsp3) is 0.950. The average Bonchev–Trinajstić information content (AvgIpc) is 2.64. The Bertz CT molecular complexity index is 407. The lowest BCUT2D eigenvalue weighted by molar-refractivity contribution is -1.07. The van der Waals surface area contributed by atoms with Crippen LogP contribution in [0.4, 0.5) is 0 Å². The molecule has 3 rings (SSSR count). The Balaban J connectivity index is 1.33. The number of hydrogen-bond acceptors (Lipinski definition) is 3. The van der Waals surface area contributed by atoms with Crippen molar-refractivity contribution in [2.75, 3.05) is 19.6 Å². The number of nitrogens with one attached hydrogen (secondary N) is 2. The molecule has 2 aliphatic carbocycles. The molecule has 2 saturated carbocycles. The number of rotatable bonds is 6. The SMILES string of the molecule is O=C(C[NH+]1CCC(CC2CCC([NH+]([O-])O)CC2)CC1)C1CCCCC1. The number of Topliss-reactive ketones (excluding diaryl/α,β-unsaturated/α-hetero) is 1. The summed E-state index contributed by atoms with van der Waals surface area (Å²) in [5.74, 6) is 2.44. The first-order chi connectivity index (χ1) is 12.1. The minimum Gasteiger partial charge on any atom is -0.600 e. The maximum absolute atomic E-state index is 12.5. The topological polar surface area (TPSA) is 69.2 Å². The molecule has 3 aliphatic rings. The van der Waals surface area contributed by atoms with Gasteiger partial charge < -0.3 is 10.1 Å². The van der Waals surface area contributed by atoms with E-state index in [9.17, 15) is 10.0 Å². The van der Waals surface area contributed by atoms with Gasteiger partial charge in [0.25, 0.3) is 0 Å². The molecule has 3 N–H and O–H groups in total. The van der Waals surface area contributed by atoms with E-state index in [0.717, 1.165) is 70.0 Å². The Kier molecular flexibility index (Phi) is 7.28. The molecule has 1 unspecified atom stereocenters. The average molecular weight is 354 g/mol. The van der Waals surface area contributed by atoms with Gasteiger partial charge in [0.2, 0.25) is 0 Å². The van der Waals surface area contributed by atoms with Crippen molar-refractivity contribution in [2.45, 2.75) is 83.1 Å². The molecule has 3 fully saturated rings. The van der Waals surface area contributed by atoms with E-state index in [1.807, 2.05) is 0 Å². The number of hydroxylamine groups is 2. The van der Waals surface area contributed by atoms with Crippen molar-refractivity contribution in [3.63, 3.8) is 0 Å². The minimum absolute atomic E-state index is 0.0895. The van der Waals surface area contributed by atoms with Gasteiger partial charge in [0.05, 0.1) is 13.1 Å². The van der Waals surface area contributed by atoms with Crippen molar-refractivity contribution in [2.24, 2.45) is 17.8 Å². The van der Waals surface area contributed by atoms with Gasteiger partial charge in [-0.2, -0.15) is 0 Å². The summed E-state index contributed by atoms with van der Waals surface area (Å²) in [7, 11) is 0. The number of carbonyl (C=O) groups is 1. The van der Waals surface area contributed by atoms with Crippen LogP contribution in [0.5, 0.6) is 0 Å². The fourth-order valence-electron chi connectivity index (χ4n) is 5.43. The summed E-state index contributed by atoms with van der Waals surface area (Å²) in [4.78, 5) is 14.0. The van der Waals surface area contributed by atoms with Crippen LogP contribution in [0, 0.1) is 23.0 Å². The number of ketones is 1. The van der Waals surface area contributed by atoms with E-state index in [4.69, 9.17) is 5.21 Å². The van der Waals surface area contributed by atoms with Crippen molar-refractivity contribution in [1.82, 2.24) is 0 Å². The van der Waals surface area contributed by atoms with Crippen LogP contribution in [0.25, 0.3) is 0 Å². The lowest BCUT2D eigenvalue weighted by atomic mass is 9.78. The maximum atomic E-state index is 12.5. The van der Waals surface area contributed by atoms with Gasteiger partial charge in [-0.15, -0.1) is 0 Å². The number of quaternary nitrogens is 2. The summed E-state index contributed by atoms with van der Waals surface area (Å²) in [6, 6.07) is -0.0895. The lowest BCUT2D eigenvalue weighted by Gasteiger charge is -2.35. The van der Waals surface area contributed by atoms with Crippen LogP contribution < -0.4 is 10.1 Å². The second-order valence-corrected chi connectivity index (χ2v) is 8.96. The van der Waals surface area contributed by atoms with E-state index in [1.165, 1.54) is 43.4 Å². The first-order valence-corrected chi connectivity index (χ1v) is 10.7. The summed E-state index contributed by atoms with van der Waals surface area (Å²) in [6.07, 6.45) is 13.8. The summed E-state index contributed by atoms with van der Waals surface area (Å²) < 4.78 is 0. The van der Waals surface area contributed by atoms with Gasteiger partial charge in [-0.3, -0.25) is 4.79 Å². The van der Waals surface area contributed by atoms with Gasteiger partial charge in [0.1, 0.15) is 12.6 Å². The van der Waals surface area contributed by atoms with Gasteiger partial charge in [0, 0.05) is 18.8 Å². The lowest BCUT2D eigenvalue weighted by Crippen LogP contribution is -3.14. The number of hydrogen-bond donors (Lipinski definition) is 3. The quantitative estimate of drug-likeness (QED) is 0.628. The third kappa shape index (κ3) is 5.75. The van der Waals surface area contributed by atoms with Crippen molar-refractivity contribution < 1.29 is 20.1 Å². The number of piperidine rings is 1. The summed E-state index contributed by atoms with van der Waals surface area (Å²) in [5, 5.41) is 19.6. The van der Waals surface area contributed by atoms with Crippen LogP contribution in [0.1, 0.15) is 77.0 Å². The van der Waals surface area contributed by atoms with Gasteiger partial charge in [-0.25, -0.2) is 10.4 Å². The van der Waals surface area contributed by atoms with E-state index >= 15 is 0 Å². The van der Waals surface area contributed by atoms with Crippen LogP contribution in [0.2, 0.25) is 0 Å². The van der Waals surface area contributed by atoms with E-state index in [-0.39, 0.29) is 6.04 Å². The summed E-state index contributed by atoms with van der Waals surface area (Å²) in [6.45, 7) is 3.09. The molecule has 144 valence electrons. The molecule has 0 spiro atoms. The highest BCUT2D eigenvalue weighted by atomic mass is 16.8. The molecule has 1 saturated heterocycles. The molecule has 1 aliphatic heterocycles. The Morgan fingerprint density at radius 2 is 1.52 bits per heavy atom. The van der Waals surface area contributed by atoms with E-state index in [1.54, 1.807) is 0 Å². The Hall–Kier alpha value is -0.490. The molecule has 5 nitrogen and oxygen atoms in total. The van der Waals surface area contributed by atoms with E-state index in [2.05, 4.69) is 0 Å². The van der Waals surface area contributed by atoms with Crippen molar-refractivity contribution >= 4 is 5.78 Å². The first-order valence-electron chi connectivity index (χ1n) is 10.7. The minimum atomic E-state index is -0.599. The van der Waals surface area contributed by atoms with Crippen LogP contribution >= 0.6 is 0 Å². The zero-order valence-electron chi connectivity index (χ0n) is 15.7. The Morgan fingerprint density at radius 3 is 2.12 bits per heavy atom. The smallest absolute Gasteiger partial charge is 0.189 e. The van der Waals surface area contributed by atoms with Gasteiger partial charge in [-0.05, 0) is 56.8 Å². The Labute approximate surface area is 152 Å². The van der Waals surface area contributed by atoms with Crippen molar-refractivity contribution in [3.8, 4) is 0 Å². The molecule has 0 amide bonds. The van der Waals surface area contributed by atoms with Crippen LogP contribution in [0.15, 0.2) is 0 Å². The normalized spacial score (nSPS) is 36.1. The maximum Gasteiger partial charge on any atom is 0.189 e. The molecule has 0 bridgehead atoms. The zero-order valence-corrected chi connectivity index (χ0v) is 15.7. The summed E-state index contributed by atoms with van der Waals surface area (Å²) in [5.41, 5.74) is 0. The van der Waals surface area contributed by atoms with Crippen LogP contribution in [0.3, 0.4) is 0 Å². The van der Waals surface area contributed by atoms with Gasteiger partial charge >= 0.3 is 0 Å². The van der Waals surface area contributed by atoms with Crippen LogP contribution in [-0.4, -0.2) is 36.7 Å². The molecular formula is C20H37N2O3+. The molecule has 1 heterocycles. The molecule has 0 aromatic carbocycles. The monoisotopic (exact) mass is 353 g/mol. The standard InChI is InChI=1S/C20H36N2O3/c23-20(18-4-2-1-3-5-18)15-21-12-10-17(11-13-21)14-16-6-8-19(9-7-16)22(24)25/h16-19,22,24H,1-15H2/p+1. The van der Waals surface area contributed by atoms with Gasteiger partial charge in [-0.1, -0.05) is 19.3 Å². The molecule has 0 aromatic rings. The highest BCUT2D eigenvalue weighted by Crippen LogP contribution is 2.31. The van der Waals surface area contributed by atoms with Gasteiger partial charge in [0.15, 0.2) is 5.78 Å². The largest absolute Gasteiger partial charge is 0.600 e. The second kappa shape index (κ2) is 9.45. The molecule has 0 aromatic heterocycles. The fourth-order valence-corrected chi connectivity index (χ4v) is 5.43. The molecule has 5 heteroatoms. The molecule has 0 radical (unpaired) electrons. The third-order valence-corrected chi connectivity index (χ3v) is 7.16. The zero-order chi connectivity index (χ0) is 17.6. The van der Waals surface area contributed by atoms with Crippen molar-refractivity contribution in [1.29, 1.82) is 0 Å². The molecular weight excluding hydrogens is 316 g/mol. The Morgan fingerprint density at radius 1 is 0.920 bits per heavy atom. The molecule has 1 atom stereocenters.